The van der Waals surface area contributed by atoms with E-state index < -0.39 is 0 Å². The lowest BCUT2D eigenvalue weighted by atomic mass is 9.95. The number of urea groups is 1. The highest BCUT2D eigenvalue weighted by molar-refractivity contribution is 5.80. The minimum absolute atomic E-state index is 0.0332. The van der Waals surface area contributed by atoms with Crippen molar-refractivity contribution in [2.45, 2.75) is 38.1 Å². The second-order valence-electron chi connectivity index (χ2n) is 8.32. The molecule has 0 aliphatic carbocycles. The van der Waals surface area contributed by atoms with Gasteiger partial charge in [0, 0.05) is 52.2 Å². The van der Waals surface area contributed by atoms with Crippen LogP contribution >= 0.6 is 0 Å². The maximum Gasteiger partial charge on any atom is 0.319 e. The third-order valence-electron chi connectivity index (χ3n) is 5.93. The summed E-state index contributed by atoms with van der Waals surface area (Å²) in [5.41, 5.74) is 1.37. The molecule has 0 spiro atoms. The van der Waals surface area contributed by atoms with Gasteiger partial charge in [-0.1, -0.05) is 30.3 Å². The molecular formula is C22H34N4O2. The van der Waals surface area contributed by atoms with Gasteiger partial charge in [-0.25, -0.2) is 4.79 Å². The number of hydrogen-bond acceptors (Lipinski definition) is 3. The first kappa shape index (κ1) is 20.6. The summed E-state index contributed by atoms with van der Waals surface area (Å²) in [6, 6.07) is 10.9. The normalized spacial score (nSPS) is 21.4. The molecule has 6 nitrogen and oxygen atoms in total. The lowest BCUT2D eigenvalue weighted by Gasteiger charge is -2.36. The van der Waals surface area contributed by atoms with Gasteiger partial charge in [-0.2, -0.15) is 0 Å². The van der Waals surface area contributed by atoms with Crippen LogP contribution < -0.4 is 5.32 Å². The van der Waals surface area contributed by atoms with Crippen LogP contribution in [0.5, 0.6) is 0 Å². The first-order valence-electron chi connectivity index (χ1n) is 10.6. The second-order valence-corrected chi connectivity index (χ2v) is 8.32. The van der Waals surface area contributed by atoms with E-state index in [9.17, 15) is 9.59 Å². The minimum atomic E-state index is 0.0332. The molecule has 0 bridgehead atoms. The zero-order valence-electron chi connectivity index (χ0n) is 17.3. The van der Waals surface area contributed by atoms with Gasteiger partial charge < -0.3 is 20.0 Å². The predicted octanol–water partition coefficient (Wildman–Crippen LogP) is 2.20. The number of carbonyl (C=O) groups excluding carboxylic acids is 2. The highest BCUT2D eigenvalue weighted by atomic mass is 16.2. The Balaban J connectivity index is 1.41. The van der Waals surface area contributed by atoms with Crippen LogP contribution in [0.15, 0.2) is 30.3 Å². The molecule has 0 radical (unpaired) electrons. The molecule has 1 aromatic rings. The molecular weight excluding hydrogens is 352 g/mol. The summed E-state index contributed by atoms with van der Waals surface area (Å²) < 4.78 is 0. The maximum atomic E-state index is 12.7. The average molecular weight is 387 g/mol. The first-order chi connectivity index (χ1) is 13.5. The molecule has 1 atom stereocenters. The molecule has 6 heteroatoms. The van der Waals surface area contributed by atoms with Crippen molar-refractivity contribution in [3.8, 4) is 0 Å². The van der Waals surface area contributed by atoms with Crippen molar-refractivity contribution in [2.24, 2.45) is 5.92 Å². The van der Waals surface area contributed by atoms with E-state index >= 15 is 0 Å². The zero-order valence-corrected chi connectivity index (χ0v) is 17.3. The number of nitrogens with zero attached hydrogens (tertiary/aromatic N) is 3. The molecule has 154 valence electrons. The molecule has 1 N–H and O–H groups in total. The van der Waals surface area contributed by atoms with E-state index in [4.69, 9.17) is 0 Å². The smallest absolute Gasteiger partial charge is 0.319 e. The Morgan fingerprint density at radius 1 is 1.07 bits per heavy atom. The summed E-state index contributed by atoms with van der Waals surface area (Å²) in [7, 11) is 3.54. The van der Waals surface area contributed by atoms with Gasteiger partial charge in [-0.3, -0.25) is 4.79 Å². The van der Waals surface area contributed by atoms with Crippen molar-refractivity contribution < 1.29 is 9.59 Å². The summed E-state index contributed by atoms with van der Waals surface area (Å²) >= 11 is 0. The number of piperidine rings is 2. The van der Waals surface area contributed by atoms with Gasteiger partial charge in [0.1, 0.15) is 0 Å². The molecule has 3 amide bonds. The van der Waals surface area contributed by atoms with E-state index in [1.807, 2.05) is 4.90 Å². The van der Waals surface area contributed by atoms with Gasteiger partial charge in [-0.05, 0) is 44.2 Å². The van der Waals surface area contributed by atoms with Crippen LogP contribution in [0.25, 0.3) is 0 Å². The van der Waals surface area contributed by atoms with Crippen LogP contribution in [0.4, 0.5) is 4.79 Å². The van der Waals surface area contributed by atoms with Crippen LogP contribution in [-0.4, -0.2) is 79.5 Å². The summed E-state index contributed by atoms with van der Waals surface area (Å²) in [5, 5.41) is 3.29. The number of benzene rings is 1. The second kappa shape index (κ2) is 9.92. The van der Waals surface area contributed by atoms with E-state index in [0.717, 1.165) is 51.7 Å². The van der Waals surface area contributed by atoms with Crippen molar-refractivity contribution in [1.82, 2.24) is 20.0 Å². The van der Waals surface area contributed by atoms with Crippen molar-refractivity contribution in [1.29, 1.82) is 0 Å². The molecule has 28 heavy (non-hydrogen) atoms. The van der Waals surface area contributed by atoms with Crippen molar-refractivity contribution >= 4 is 11.9 Å². The van der Waals surface area contributed by atoms with E-state index in [1.165, 1.54) is 5.56 Å². The molecule has 1 aromatic carbocycles. The Hall–Kier alpha value is -2.08. The summed E-state index contributed by atoms with van der Waals surface area (Å²) in [4.78, 5) is 30.7. The Morgan fingerprint density at radius 3 is 2.46 bits per heavy atom. The van der Waals surface area contributed by atoms with Crippen molar-refractivity contribution in [3.05, 3.63) is 35.9 Å². The SMILES string of the molecule is CN(C)C(=O)N1CCC(C(=O)N[C@H]2CCCN(CCc3ccccc3)C2)CC1. The molecule has 0 aromatic heterocycles. The molecule has 2 heterocycles. The Bertz CT molecular complexity index is 641. The van der Waals surface area contributed by atoms with Crippen LogP contribution in [0.3, 0.4) is 0 Å². The zero-order chi connectivity index (χ0) is 19.9. The van der Waals surface area contributed by atoms with Crippen LogP contribution in [-0.2, 0) is 11.2 Å². The molecule has 2 saturated heterocycles. The van der Waals surface area contributed by atoms with Gasteiger partial charge in [-0.15, -0.1) is 0 Å². The Labute approximate surface area is 168 Å². The minimum Gasteiger partial charge on any atom is -0.352 e. The third-order valence-corrected chi connectivity index (χ3v) is 5.93. The predicted molar refractivity (Wildman–Crippen MR) is 111 cm³/mol. The summed E-state index contributed by atoms with van der Waals surface area (Å²) in [6.45, 7) is 4.44. The number of rotatable bonds is 5. The Morgan fingerprint density at radius 2 is 1.79 bits per heavy atom. The van der Waals surface area contributed by atoms with Crippen LogP contribution in [0.2, 0.25) is 0 Å². The molecule has 2 aliphatic rings. The average Bonchev–Trinajstić information content (AvgIpc) is 2.73. The topological polar surface area (TPSA) is 55.9 Å². The van der Waals surface area contributed by atoms with Crippen LogP contribution in [0.1, 0.15) is 31.2 Å². The van der Waals surface area contributed by atoms with Gasteiger partial charge in [0.15, 0.2) is 0 Å². The molecule has 0 unspecified atom stereocenters. The standard InChI is InChI=1S/C22H34N4O2/c1-24(2)22(28)26-15-11-19(12-16-26)21(27)23-20-9-6-13-25(17-20)14-10-18-7-4-3-5-8-18/h3-5,7-8,19-20H,6,9-17H2,1-2H3,(H,23,27)/t20-/m0/s1. The highest BCUT2D eigenvalue weighted by Gasteiger charge is 2.30. The number of amides is 3. The third kappa shape index (κ3) is 5.71. The molecule has 0 saturated carbocycles. The number of nitrogens with one attached hydrogen (secondary N) is 1. The van der Waals surface area contributed by atoms with Crippen LogP contribution in [0, 0.1) is 5.92 Å². The fourth-order valence-electron chi connectivity index (χ4n) is 4.24. The van der Waals surface area contributed by atoms with Crippen molar-refractivity contribution in [3.63, 3.8) is 0 Å². The van der Waals surface area contributed by atoms with Gasteiger partial charge in [0.25, 0.3) is 0 Å². The highest BCUT2D eigenvalue weighted by Crippen LogP contribution is 2.19. The lowest BCUT2D eigenvalue weighted by molar-refractivity contribution is -0.127. The molecule has 2 aliphatic heterocycles. The van der Waals surface area contributed by atoms with E-state index in [1.54, 1.807) is 19.0 Å². The number of carbonyl (C=O) groups is 2. The van der Waals surface area contributed by atoms with Crippen molar-refractivity contribution in [2.75, 3.05) is 46.8 Å². The summed E-state index contributed by atoms with van der Waals surface area (Å²) in [6.07, 6.45) is 4.77. The van der Waals surface area contributed by atoms with E-state index in [-0.39, 0.29) is 23.9 Å². The van der Waals surface area contributed by atoms with E-state index in [2.05, 4.69) is 40.5 Å². The fourth-order valence-corrected chi connectivity index (χ4v) is 4.24. The van der Waals surface area contributed by atoms with E-state index in [0.29, 0.717) is 13.1 Å². The first-order valence-corrected chi connectivity index (χ1v) is 10.6. The lowest BCUT2D eigenvalue weighted by Crippen LogP contribution is -2.51. The monoisotopic (exact) mass is 386 g/mol. The number of hydrogen-bond donors (Lipinski definition) is 1. The largest absolute Gasteiger partial charge is 0.352 e. The Kier molecular flexibility index (Phi) is 7.31. The quantitative estimate of drug-likeness (QED) is 0.844. The van der Waals surface area contributed by atoms with Gasteiger partial charge >= 0.3 is 6.03 Å². The summed E-state index contributed by atoms with van der Waals surface area (Å²) in [5.74, 6) is 0.206. The fraction of sp³-hybridized carbons (Fsp3) is 0.636. The molecule has 3 rings (SSSR count). The number of likely N-dealkylation sites (tertiary alicyclic amines) is 2. The van der Waals surface area contributed by atoms with Gasteiger partial charge in [0.2, 0.25) is 5.91 Å². The van der Waals surface area contributed by atoms with Gasteiger partial charge in [0.05, 0.1) is 0 Å². The maximum absolute atomic E-state index is 12.7. The molecule has 2 fully saturated rings.